The number of amides is 2. The van der Waals surface area contributed by atoms with Crippen LogP contribution in [0.5, 0.6) is 5.75 Å². The second-order valence-electron chi connectivity index (χ2n) is 8.00. The van der Waals surface area contributed by atoms with Crippen LogP contribution in [0, 0.1) is 0 Å². The number of aromatic nitrogens is 2. The highest BCUT2D eigenvalue weighted by Crippen LogP contribution is 2.29. The van der Waals surface area contributed by atoms with Crippen molar-refractivity contribution in [3.63, 3.8) is 0 Å². The maximum absolute atomic E-state index is 12.6. The number of alkyl halides is 3. The molecule has 0 saturated heterocycles. The van der Waals surface area contributed by atoms with Crippen LogP contribution in [-0.2, 0) is 28.7 Å². The Morgan fingerprint density at radius 2 is 1.80 bits per heavy atom. The molecule has 0 aliphatic heterocycles. The number of carbonyl (C=O) groups excluding carboxylic acids is 2. The van der Waals surface area contributed by atoms with Crippen LogP contribution in [-0.4, -0.2) is 46.7 Å². The average Bonchev–Trinajstić information content (AvgIpc) is 3.25. The van der Waals surface area contributed by atoms with Crippen LogP contribution < -0.4 is 10.1 Å². The van der Waals surface area contributed by atoms with E-state index in [1.807, 2.05) is 30.3 Å². The van der Waals surface area contributed by atoms with E-state index >= 15 is 0 Å². The predicted molar refractivity (Wildman–Crippen MR) is 125 cm³/mol. The van der Waals surface area contributed by atoms with E-state index in [1.54, 1.807) is 18.1 Å². The number of ether oxygens (including phenoxy) is 1. The van der Waals surface area contributed by atoms with Crippen molar-refractivity contribution in [3.8, 4) is 5.75 Å². The highest BCUT2D eigenvalue weighted by atomic mass is 19.4. The summed E-state index contributed by atoms with van der Waals surface area (Å²) in [6, 6.07) is 14.2. The highest BCUT2D eigenvalue weighted by molar-refractivity contribution is 5.90. The monoisotopic (exact) mass is 488 g/mol. The van der Waals surface area contributed by atoms with Gasteiger partial charge in [0.15, 0.2) is 0 Å². The van der Waals surface area contributed by atoms with E-state index in [-0.39, 0.29) is 31.4 Å². The molecule has 0 bridgehead atoms. The van der Waals surface area contributed by atoms with Crippen LogP contribution in [0.3, 0.4) is 0 Å². The molecular formula is C25H27F3N4O3. The third-order valence-electron chi connectivity index (χ3n) is 5.22. The van der Waals surface area contributed by atoms with Gasteiger partial charge in [0, 0.05) is 19.8 Å². The lowest BCUT2D eigenvalue weighted by Gasteiger charge is -2.17. The van der Waals surface area contributed by atoms with E-state index in [4.69, 9.17) is 4.74 Å². The number of hydrogen-bond donors (Lipinski definition) is 1. The molecule has 0 radical (unpaired) electrons. The molecule has 2 aromatic carbocycles. The summed E-state index contributed by atoms with van der Waals surface area (Å²) in [6.45, 7) is 0.690. The van der Waals surface area contributed by atoms with Gasteiger partial charge in [-0.3, -0.25) is 14.3 Å². The van der Waals surface area contributed by atoms with Gasteiger partial charge >= 0.3 is 6.18 Å². The summed E-state index contributed by atoms with van der Waals surface area (Å²) in [6.07, 6.45) is 0.0241. The van der Waals surface area contributed by atoms with Gasteiger partial charge in [0.25, 0.3) is 0 Å². The topological polar surface area (TPSA) is 76.5 Å². The van der Waals surface area contributed by atoms with Gasteiger partial charge in [0.05, 0.1) is 30.5 Å². The summed E-state index contributed by atoms with van der Waals surface area (Å²) in [5.41, 5.74) is 0.580. The lowest BCUT2D eigenvalue weighted by atomic mass is 10.1. The molecule has 0 aliphatic carbocycles. The second kappa shape index (κ2) is 12.0. The molecule has 1 aromatic heterocycles. The van der Waals surface area contributed by atoms with Crippen molar-refractivity contribution in [2.75, 3.05) is 25.5 Å². The van der Waals surface area contributed by atoms with Gasteiger partial charge in [-0.15, -0.1) is 0 Å². The molecule has 3 aromatic rings. The van der Waals surface area contributed by atoms with Gasteiger partial charge in [-0.1, -0.05) is 30.3 Å². The van der Waals surface area contributed by atoms with E-state index in [9.17, 15) is 22.8 Å². The summed E-state index contributed by atoms with van der Waals surface area (Å²) in [4.78, 5) is 26.1. The normalized spacial score (nSPS) is 11.2. The molecule has 186 valence electrons. The summed E-state index contributed by atoms with van der Waals surface area (Å²) >= 11 is 0. The van der Waals surface area contributed by atoms with Crippen molar-refractivity contribution in [1.82, 2.24) is 14.7 Å². The van der Waals surface area contributed by atoms with E-state index in [0.717, 1.165) is 17.7 Å². The number of para-hydroxylation sites is 1. The Hall–Kier alpha value is -3.82. The minimum Gasteiger partial charge on any atom is -0.493 e. The maximum Gasteiger partial charge on any atom is 0.416 e. The summed E-state index contributed by atoms with van der Waals surface area (Å²) in [5.74, 6) is 0.289. The van der Waals surface area contributed by atoms with Crippen LogP contribution in [0.15, 0.2) is 67.0 Å². The maximum atomic E-state index is 12.6. The van der Waals surface area contributed by atoms with Gasteiger partial charge in [0.1, 0.15) is 12.3 Å². The van der Waals surface area contributed by atoms with Gasteiger partial charge in [-0.25, -0.2) is 0 Å². The van der Waals surface area contributed by atoms with Gasteiger partial charge in [0.2, 0.25) is 11.8 Å². The first-order valence-electron chi connectivity index (χ1n) is 11.1. The number of hydrogen-bond acceptors (Lipinski definition) is 4. The Balaban J connectivity index is 1.36. The van der Waals surface area contributed by atoms with E-state index in [0.29, 0.717) is 30.8 Å². The molecule has 10 heteroatoms. The standard InChI is InChI=1S/C25H27F3N4O3/c1-31(14-5-6-19-9-11-20(12-10-19)25(26,27)28)24(34)18-32-17-21(16-29-32)30-23(33)13-15-35-22-7-3-2-4-8-22/h2-4,7-12,16-17H,5-6,13-15,18H2,1H3,(H,30,33). The Bertz CT molecular complexity index is 1100. The number of carbonyl (C=O) groups is 2. The largest absolute Gasteiger partial charge is 0.493 e. The van der Waals surface area contributed by atoms with Crippen molar-refractivity contribution in [3.05, 3.63) is 78.1 Å². The molecule has 3 rings (SSSR count). The molecule has 0 fully saturated rings. The zero-order chi connectivity index (χ0) is 25.3. The van der Waals surface area contributed by atoms with Crippen molar-refractivity contribution >= 4 is 17.5 Å². The second-order valence-corrected chi connectivity index (χ2v) is 8.00. The van der Waals surface area contributed by atoms with Crippen molar-refractivity contribution in [2.45, 2.75) is 32.0 Å². The minimum absolute atomic E-state index is 0.00374. The van der Waals surface area contributed by atoms with Gasteiger partial charge in [-0.05, 0) is 42.7 Å². The molecule has 0 atom stereocenters. The quantitative estimate of drug-likeness (QED) is 0.434. The Labute approximate surface area is 201 Å². The molecule has 0 unspecified atom stereocenters. The number of aryl methyl sites for hydroxylation is 1. The van der Waals surface area contributed by atoms with Crippen LogP contribution in [0.4, 0.5) is 18.9 Å². The number of nitrogens with one attached hydrogen (secondary N) is 1. The van der Waals surface area contributed by atoms with Gasteiger partial charge < -0.3 is 15.0 Å². The molecule has 7 nitrogen and oxygen atoms in total. The Kier molecular flexibility index (Phi) is 8.88. The number of benzene rings is 2. The number of nitrogens with zero attached hydrogens (tertiary/aromatic N) is 3. The lowest BCUT2D eigenvalue weighted by molar-refractivity contribution is -0.137. The van der Waals surface area contributed by atoms with Crippen molar-refractivity contribution in [1.29, 1.82) is 0 Å². The predicted octanol–water partition coefficient (Wildman–Crippen LogP) is 4.40. The zero-order valence-electron chi connectivity index (χ0n) is 19.3. The summed E-state index contributed by atoms with van der Waals surface area (Å²) in [7, 11) is 1.66. The molecule has 2 amide bonds. The average molecular weight is 489 g/mol. The number of anilines is 1. The lowest BCUT2D eigenvalue weighted by Crippen LogP contribution is -2.31. The first kappa shape index (κ1) is 25.8. The van der Waals surface area contributed by atoms with Crippen LogP contribution in [0.2, 0.25) is 0 Å². The molecule has 0 saturated carbocycles. The van der Waals surface area contributed by atoms with E-state index in [2.05, 4.69) is 10.4 Å². The molecule has 1 heterocycles. The Morgan fingerprint density at radius 3 is 2.49 bits per heavy atom. The molecule has 0 aliphatic rings. The molecular weight excluding hydrogens is 461 g/mol. The van der Waals surface area contributed by atoms with Crippen LogP contribution in [0.25, 0.3) is 0 Å². The molecule has 0 spiro atoms. The fourth-order valence-electron chi connectivity index (χ4n) is 3.28. The number of rotatable bonds is 11. The third-order valence-corrected chi connectivity index (χ3v) is 5.22. The van der Waals surface area contributed by atoms with Crippen molar-refractivity contribution in [2.24, 2.45) is 0 Å². The zero-order valence-corrected chi connectivity index (χ0v) is 19.3. The smallest absolute Gasteiger partial charge is 0.416 e. The number of halogens is 3. The first-order chi connectivity index (χ1) is 16.7. The SMILES string of the molecule is CN(CCCc1ccc(C(F)(F)F)cc1)C(=O)Cn1cc(NC(=O)CCOc2ccccc2)cn1. The fraction of sp³-hybridized carbons (Fsp3) is 0.320. The molecule has 35 heavy (non-hydrogen) atoms. The van der Waals surface area contributed by atoms with Gasteiger partial charge in [-0.2, -0.15) is 18.3 Å². The van der Waals surface area contributed by atoms with Crippen molar-refractivity contribution < 1.29 is 27.5 Å². The fourth-order valence-corrected chi connectivity index (χ4v) is 3.28. The highest BCUT2D eigenvalue weighted by Gasteiger charge is 2.29. The Morgan fingerprint density at radius 1 is 1.09 bits per heavy atom. The van der Waals surface area contributed by atoms with E-state index in [1.165, 1.54) is 23.0 Å². The molecule has 1 N–H and O–H groups in total. The summed E-state index contributed by atoms with van der Waals surface area (Å²) < 4.78 is 44.9. The van der Waals surface area contributed by atoms with Crippen LogP contribution in [0.1, 0.15) is 24.0 Å². The summed E-state index contributed by atoms with van der Waals surface area (Å²) in [5, 5.41) is 6.83. The minimum atomic E-state index is -4.35. The first-order valence-corrected chi connectivity index (χ1v) is 11.1. The van der Waals surface area contributed by atoms with Crippen LogP contribution >= 0.6 is 0 Å². The van der Waals surface area contributed by atoms with E-state index < -0.39 is 11.7 Å². The third kappa shape index (κ3) is 8.47. The number of likely N-dealkylation sites (N-methyl/N-ethyl adjacent to an activating group) is 1.